The topological polar surface area (TPSA) is 90.7 Å². The van der Waals surface area contributed by atoms with Gasteiger partial charge in [0.05, 0.1) is 12.3 Å². The number of aliphatic hydroxyl groups is 1. The molecule has 0 aromatic carbocycles. The van der Waals surface area contributed by atoms with E-state index in [0.717, 1.165) is 24.2 Å². The molecule has 2 N–H and O–H groups in total. The van der Waals surface area contributed by atoms with Crippen molar-refractivity contribution in [2.75, 3.05) is 13.6 Å². The molecule has 2 rings (SSSR count). The van der Waals surface area contributed by atoms with Crippen LogP contribution in [0.5, 0.6) is 0 Å². The second kappa shape index (κ2) is 5.03. The van der Waals surface area contributed by atoms with Gasteiger partial charge in [-0.05, 0) is 18.8 Å². The number of carbonyl (C=O) groups is 2. The van der Waals surface area contributed by atoms with E-state index in [0.29, 0.717) is 17.3 Å². The fourth-order valence-electron chi connectivity index (χ4n) is 1.98. The van der Waals surface area contributed by atoms with Gasteiger partial charge in [-0.15, -0.1) is 11.3 Å². The van der Waals surface area contributed by atoms with Crippen LogP contribution in [0.3, 0.4) is 0 Å². The van der Waals surface area contributed by atoms with Crippen LogP contribution < -0.4 is 0 Å². The summed E-state index contributed by atoms with van der Waals surface area (Å²) in [6, 6.07) is 0. The van der Waals surface area contributed by atoms with Gasteiger partial charge in [-0.3, -0.25) is 4.79 Å². The highest BCUT2D eigenvalue weighted by molar-refractivity contribution is 7.15. The molecule has 0 atom stereocenters. The van der Waals surface area contributed by atoms with Crippen LogP contribution in [0.25, 0.3) is 0 Å². The largest absolute Gasteiger partial charge is 0.476 e. The predicted octanol–water partition coefficient (Wildman–Crippen LogP) is 0.684. The summed E-state index contributed by atoms with van der Waals surface area (Å²) in [7, 11) is 1.67. The van der Waals surface area contributed by atoms with E-state index in [1.54, 1.807) is 11.9 Å². The van der Waals surface area contributed by atoms with Crippen molar-refractivity contribution in [3.8, 4) is 0 Å². The van der Waals surface area contributed by atoms with Crippen LogP contribution in [0.4, 0.5) is 0 Å². The van der Waals surface area contributed by atoms with Gasteiger partial charge in [0.1, 0.15) is 4.88 Å². The third kappa shape index (κ3) is 2.68. The zero-order chi connectivity index (χ0) is 13.3. The third-order valence-corrected chi connectivity index (χ3v) is 3.96. The summed E-state index contributed by atoms with van der Waals surface area (Å²) in [5.41, 5.74) is 0. The molecule has 0 radical (unpaired) electrons. The smallest absolute Gasteiger partial charge is 0.365 e. The Morgan fingerprint density at radius 3 is 2.72 bits per heavy atom. The fourth-order valence-corrected chi connectivity index (χ4v) is 2.73. The van der Waals surface area contributed by atoms with E-state index >= 15 is 0 Å². The van der Waals surface area contributed by atoms with E-state index in [4.69, 9.17) is 5.11 Å². The summed E-state index contributed by atoms with van der Waals surface area (Å²) in [6.45, 7) is 0.580. The van der Waals surface area contributed by atoms with Crippen molar-refractivity contribution in [2.24, 2.45) is 5.92 Å². The van der Waals surface area contributed by atoms with Crippen LogP contribution >= 0.6 is 11.3 Å². The Labute approximate surface area is 108 Å². The highest BCUT2D eigenvalue weighted by Gasteiger charge is 2.29. The first-order chi connectivity index (χ1) is 8.47. The Hall–Kier alpha value is -1.47. The Morgan fingerprint density at radius 2 is 2.22 bits per heavy atom. The highest BCUT2D eigenvalue weighted by Crippen LogP contribution is 2.28. The number of aliphatic hydroxyl groups excluding tert-OH is 1. The molecule has 1 aliphatic rings. The molecule has 0 spiro atoms. The summed E-state index contributed by atoms with van der Waals surface area (Å²) < 4.78 is 0. The van der Waals surface area contributed by atoms with E-state index < -0.39 is 5.97 Å². The van der Waals surface area contributed by atoms with Gasteiger partial charge in [0.25, 0.3) is 5.91 Å². The number of thiazole rings is 1. The standard InChI is InChI=1S/C11H14N2O4S/c1-13(5-6-2-7(14)3-6)10(15)8-4-12-9(18-8)11(16)17/h4,6-7,14H,2-3,5H2,1H3,(H,16,17). The van der Waals surface area contributed by atoms with Gasteiger partial charge in [0.2, 0.25) is 5.01 Å². The quantitative estimate of drug-likeness (QED) is 0.839. The molecule has 1 aromatic rings. The number of rotatable bonds is 4. The number of aromatic nitrogens is 1. The van der Waals surface area contributed by atoms with Crippen LogP contribution in [-0.4, -0.2) is 51.7 Å². The molecule has 1 saturated carbocycles. The van der Waals surface area contributed by atoms with Crippen molar-refractivity contribution in [3.63, 3.8) is 0 Å². The Kier molecular flexibility index (Phi) is 3.63. The van der Waals surface area contributed by atoms with Crippen molar-refractivity contribution in [2.45, 2.75) is 18.9 Å². The Bertz CT molecular complexity index is 467. The molecular formula is C11H14N2O4S. The van der Waals surface area contributed by atoms with Gasteiger partial charge in [0, 0.05) is 13.6 Å². The third-order valence-electron chi connectivity index (χ3n) is 2.99. The van der Waals surface area contributed by atoms with Crippen LogP contribution in [0.15, 0.2) is 6.20 Å². The first kappa shape index (κ1) is 13.0. The number of aromatic carboxylic acids is 1. The molecule has 0 aliphatic heterocycles. The van der Waals surface area contributed by atoms with Crippen molar-refractivity contribution in [1.29, 1.82) is 0 Å². The van der Waals surface area contributed by atoms with Gasteiger partial charge in [-0.25, -0.2) is 9.78 Å². The maximum atomic E-state index is 12.0. The van der Waals surface area contributed by atoms with Gasteiger partial charge >= 0.3 is 5.97 Å². The van der Waals surface area contributed by atoms with E-state index in [1.165, 1.54) is 6.20 Å². The van der Waals surface area contributed by atoms with Crippen molar-refractivity contribution < 1.29 is 19.8 Å². The summed E-state index contributed by atoms with van der Waals surface area (Å²) >= 11 is 0.879. The summed E-state index contributed by atoms with van der Waals surface area (Å²) in [6.07, 6.45) is 2.50. The maximum Gasteiger partial charge on any atom is 0.365 e. The van der Waals surface area contributed by atoms with Gasteiger partial charge < -0.3 is 15.1 Å². The molecule has 0 saturated heterocycles. The van der Waals surface area contributed by atoms with Crippen molar-refractivity contribution in [1.82, 2.24) is 9.88 Å². The molecule has 7 heteroatoms. The van der Waals surface area contributed by atoms with Crippen LogP contribution in [0, 0.1) is 5.92 Å². The molecule has 18 heavy (non-hydrogen) atoms. The number of hydrogen-bond donors (Lipinski definition) is 2. The lowest BCUT2D eigenvalue weighted by Gasteiger charge is -2.34. The number of amides is 1. The van der Waals surface area contributed by atoms with Crippen LogP contribution in [-0.2, 0) is 0 Å². The minimum absolute atomic E-state index is 0.0779. The Morgan fingerprint density at radius 1 is 1.56 bits per heavy atom. The minimum atomic E-state index is -1.12. The van der Waals surface area contributed by atoms with Gasteiger partial charge in [-0.1, -0.05) is 0 Å². The minimum Gasteiger partial charge on any atom is -0.476 e. The SMILES string of the molecule is CN(CC1CC(O)C1)C(=O)c1cnc(C(=O)O)s1. The van der Waals surface area contributed by atoms with Gasteiger partial charge in [0.15, 0.2) is 0 Å². The molecule has 1 amide bonds. The number of carboxylic acid groups (broad SMARTS) is 1. The van der Waals surface area contributed by atoms with Gasteiger partial charge in [-0.2, -0.15) is 0 Å². The fraction of sp³-hybridized carbons (Fsp3) is 0.545. The Balaban J connectivity index is 1.94. The number of hydrogen-bond acceptors (Lipinski definition) is 5. The average molecular weight is 270 g/mol. The molecular weight excluding hydrogens is 256 g/mol. The summed E-state index contributed by atoms with van der Waals surface area (Å²) in [5.74, 6) is -1.01. The molecule has 1 aliphatic carbocycles. The first-order valence-corrected chi connectivity index (χ1v) is 6.41. The summed E-state index contributed by atoms with van der Waals surface area (Å²) in [5, 5.41) is 17.8. The van der Waals surface area contributed by atoms with Crippen LogP contribution in [0.2, 0.25) is 0 Å². The van der Waals surface area contributed by atoms with Crippen LogP contribution in [0.1, 0.15) is 32.3 Å². The van der Waals surface area contributed by atoms with Crippen molar-refractivity contribution in [3.05, 3.63) is 16.1 Å². The first-order valence-electron chi connectivity index (χ1n) is 5.60. The second-order valence-electron chi connectivity index (χ2n) is 4.51. The maximum absolute atomic E-state index is 12.0. The van der Waals surface area contributed by atoms with E-state index in [1.807, 2.05) is 0 Å². The highest BCUT2D eigenvalue weighted by atomic mass is 32.1. The molecule has 0 bridgehead atoms. The van der Waals surface area contributed by atoms with E-state index in [2.05, 4.69) is 4.98 Å². The molecule has 1 aromatic heterocycles. The molecule has 6 nitrogen and oxygen atoms in total. The number of nitrogens with zero attached hydrogens (tertiary/aromatic N) is 2. The normalized spacial score (nSPS) is 22.3. The van der Waals surface area contributed by atoms with Crippen molar-refractivity contribution >= 4 is 23.2 Å². The molecule has 98 valence electrons. The monoisotopic (exact) mass is 270 g/mol. The molecule has 1 fully saturated rings. The lowest BCUT2D eigenvalue weighted by Crippen LogP contribution is -2.39. The molecule has 1 heterocycles. The van der Waals surface area contributed by atoms with E-state index in [-0.39, 0.29) is 17.0 Å². The predicted molar refractivity (Wildman–Crippen MR) is 64.8 cm³/mol. The zero-order valence-electron chi connectivity index (χ0n) is 9.87. The lowest BCUT2D eigenvalue weighted by molar-refractivity contribution is 0.0266. The molecule has 0 unspecified atom stereocenters. The average Bonchev–Trinajstić information content (AvgIpc) is 2.75. The zero-order valence-corrected chi connectivity index (χ0v) is 10.7. The number of carboxylic acids is 1. The second-order valence-corrected chi connectivity index (χ2v) is 5.54. The summed E-state index contributed by atoms with van der Waals surface area (Å²) in [4.78, 5) is 28.2. The van der Waals surface area contributed by atoms with E-state index in [9.17, 15) is 14.7 Å². The number of carbonyl (C=O) groups excluding carboxylic acids is 1. The lowest BCUT2D eigenvalue weighted by atomic mass is 9.82.